The molecule has 0 saturated heterocycles. The van der Waals surface area contributed by atoms with E-state index in [1.807, 2.05) is 6.92 Å². The highest BCUT2D eigenvalue weighted by Crippen LogP contribution is 2.10. The van der Waals surface area contributed by atoms with Gasteiger partial charge in [0, 0.05) is 13.2 Å². The zero-order valence-corrected chi connectivity index (χ0v) is 12.0. The molecule has 0 aromatic rings. The molecule has 0 bridgehead atoms. The Morgan fingerprint density at radius 3 is 2.47 bits per heavy atom. The van der Waals surface area contributed by atoms with Crippen LogP contribution in [0.5, 0.6) is 0 Å². The minimum atomic E-state index is -0.772. The maximum absolute atomic E-state index is 11.8. The molecule has 0 aliphatic carbocycles. The van der Waals surface area contributed by atoms with Gasteiger partial charge in [-0.15, -0.1) is 12.4 Å². The van der Waals surface area contributed by atoms with Crippen LogP contribution in [0.25, 0.3) is 0 Å². The van der Waals surface area contributed by atoms with Gasteiger partial charge in [-0.2, -0.15) is 0 Å². The molecule has 104 valence electrons. The van der Waals surface area contributed by atoms with Gasteiger partial charge in [-0.1, -0.05) is 26.7 Å². The monoisotopic (exact) mass is 266 g/mol. The summed E-state index contributed by atoms with van der Waals surface area (Å²) in [5.41, 5.74) is 5.14. The van der Waals surface area contributed by atoms with Crippen LogP contribution in [0.3, 0.4) is 0 Å². The quantitative estimate of drug-likeness (QED) is 0.622. The fourth-order valence-corrected chi connectivity index (χ4v) is 1.70. The summed E-state index contributed by atoms with van der Waals surface area (Å²) < 4.78 is 0. The van der Waals surface area contributed by atoms with Crippen molar-refractivity contribution < 1.29 is 9.90 Å². The topological polar surface area (TPSA) is 75.4 Å². The first-order valence-corrected chi connectivity index (χ1v) is 6.16. The number of halogens is 1. The van der Waals surface area contributed by atoms with Gasteiger partial charge in [0.05, 0.1) is 5.54 Å². The molecule has 0 aliphatic heterocycles. The zero-order valence-electron chi connectivity index (χ0n) is 11.2. The lowest BCUT2D eigenvalue weighted by molar-refractivity contribution is -0.126. The SMILES string of the molecule is CCCC(C)(N)C(=O)NCC(CC)CCO.Cl. The van der Waals surface area contributed by atoms with E-state index in [9.17, 15) is 4.79 Å². The van der Waals surface area contributed by atoms with E-state index in [1.54, 1.807) is 6.92 Å². The van der Waals surface area contributed by atoms with Gasteiger partial charge in [0.1, 0.15) is 0 Å². The van der Waals surface area contributed by atoms with Crippen LogP contribution in [-0.2, 0) is 4.79 Å². The van der Waals surface area contributed by atoms with E-state index in [2.05, 4.69) is 12.2 Å². The van der Waals surface area contributed by atoms with Crippen molar-refractivity contribution >= 4 is 18.3 Å². The first kappa shape index (κ1) is 19.0. The van der Waals surface area contributed by atoms with E-state index in [0.717, 1.165) is 19.3 Å². The van der Waals surface area contributed by atoms with Gasteiger partial charge in [0.15, 0.2) is 0 Å². The number of nitrogens with one attached hydrogen (secondary N) is 1. The Bertz CT molecular complexity index is 211. The Hall–Kier alpha value is -0.320. The second-order valence-corrected chi connectivity index (χ2v) is 4.66. The summed E-state index contributed by atoms with van der Waals surface area (Å²) in [5.74, 6) is 0.247. The number of nitrogens with two attached hydrogens (primary N) is 1. The summed E-state index contributed by atoms with van der Waals surface area (Å²) in [6.45, 7) is 6.60. The molecular weight excluding hydrogens is 240 g/mol. The molecular formula is C12H27ClN2O2. The summed E-state index contributed by atoms with van der Waals surface area (Å²) >= 11 is 0. The fourth-order valence-electron chi connectivity index (χ4n) is 1.70. The molecule has 0 aromatic carbocycles. The lowest BCUT2D eigenvalue weighted by atomic mass is 9.95. The van der Waals surface area contributed by atoms with Crippen molar-refractivity contribution in [3.05, 3.63) is 0 Å². The van der Waals surface area contributed by atoms with Crippen molar-refractivity contribution in [3.8, 4) is 0 Å². The molecule has 17 heavy (non-hydrogen) atoms. The molecule has 0 rings (SSSR count). The first-order chi connectivity index (χ1) is 7.47. The highest BCUT2D eigenvalue weighted by atomic mass is 35.5. The molecule has 1 amide bonds. The Balaban J connectivity index is 0. The van der Waals surface area contributed by atoms with Crippen molar-refractivity contribution in [1.29, 1.82) is 0 Å². The predicted octanol–water partition coefficient (Wildman–Crippen LogP) is 1.45. The minimum Gasteiger partial charge on any atom is -0.396 e. The van der Waals surface area contributed by atoms with Gasteiger partial charge < -0.3 is 16.2 Å². The number of carbonyl (C=O) groups is 1. The van der Waals surface area contributed by atoms with Crippen molar-refractivity contribution in [2.75, 3.05) is 13.2 Å². The second-order valence-electron chi connectivity index (χ2n) is 4.66. The number of rotatable bonds is 8. The zero-order chi connectivity index (χ0) is 12.6. The Labute approximate surface area is 111 Å². The number of carbonyl (C=O) groups excluding carboxylic acids is 1. The summed E-state index contributed by atoms with van der Waals surface area (Å²) in [4.78, 5) is 11.8. The molecule has 4 N–H and O–H groups in total. The highest BCUT2D eigenvalue weighted by Gasteiger charge is 2.27. The Morgan fingerprint density at radius 2 is 2.06 bits per heavy atom. The molecule has 0 aromatic heterocycles. The van der Waals surface area contributed by atoms with E-state index in [-0.39, 0.29) is 24.9 Å². The maximum atomic E-state index is 11.8. The van der Waals surface area contributed by atoms with Crippen LogP contribution in [-0.4, -0.2) is 29.7 Å². The largest absolute Gasteiger partial charge is 0.396 e. The second kappa shape index (κ2) is 9.68. The van der Waals surface area contributed by atoms with Gasteiger partial charge in [0.2, 0.25) is 5.91 Å². The highest BCUT2D eigenvalue weighted by molar-refractivity contribution is 5.85. The van der Waals surface area contributed by atoms with E-state index in [4.69, 9.17) is 10.8 Å². The van der Waals surface area contributed by atoms with Crippen LogP contribution in [0.4, 0.5) is 0 Å². The van der Waals surface area contributed by atoms with Crippen LogP contribution in [0, 0.1) is 5.92 Å². The maximum Gasteiger partial charge on any atom is 0.239 e. The molecule has 2 unspecified atom stereocenters. The van der Waals surface area contributed by atoms with Crippen LogP contribution >= 0.6 is 12.4 Å². The van der Waals surface area contributed by atoms with Gasteiger partial charge in [-0.25, -0.2) is 0 Å². The van der Waals surface area contributed by atoms with Crippen molar-refractivity contribution in [3.63, 3.8) is 0 Å². The average Bonchev–Trinajstić information content (AvgIpc) is 2.23. The Kier molecular flexibility index (Phi) is 10.8. The van der Waals surface area contributed by atoms with Crippen molar-refractivity contribution in [2.45, 2.75) is 52.0 Å². The molecule has 0 aliphatic rings. The number of hydrogen-bond donors (Lipinski definition) is 3. The standard InChI is InChI=1S/C12H26N2O2.ClH/c1-4-7-12(3,13)11(16)14-9-10(5-2)6-8-15;/h10,15H,4-9,13H2,1-3H3,(H,14,16);1H. The summed E-state index contributed by atoms with van der Waals surface area (Å²) in [5, 5.41) is 11.7. The number of amides is 1. The normalized spacial score (nSPS) is 15.6. The van der Waals surface area contributed by atoms with Crippen LogP contribution in [0.15, 0.2) is 0 Å². The third-order valence-corrected chi connectivity index (χ3v) is 2.95. The number of aliphatic hydroxyl groups excluding tert-OH is 1. The van der Waals surface area contributed by atoms with E-state index >= 15 is 0 Å². The van der Waals surface area contributed by atoms with Crippen LogP contribution in [0.1, 0.15) is 46.5 Å². The molecule has 0 heterocycles. The Morgan fingerprint density at radius 1 is 1.47 bits per heavy atom. The van der Waals surface area contributed by atoms with Gasteiger partial charge in [-0.3, -0.25) is 4.79 Å². The van der Waals surface area contributed by atoms with Crippen LogP contribution < -0.4 is 11.1 Å². The summed E-state index contributed by atoms with van der Waals surface area (Å²) in [6, 6.07) is 0. The minimum absolute atomic E-state index is 0. The van der Waals surface area contributed by atoms with Crippen molar-refractivity contribution in [2.24, 2.45) is 11.7 Å². The van der Waals surface area contributed by atoms with E-state index < -0.39 is 5.54 Å². The molecule has 0 fully saturated rings. The number of aliphatic hydroxyl groups is 1. The van der Waals surface area contributed by atoms with E-state index in [0.29, 0.717) is 18.9 Å². The number of hydrogen-bond acceptors (Lipinski definition) is 3. The summed E-state index contributed by atoms with van der Waals surface area (Å²) in [7, 11) is 0. The first-order valence-electron chi connectivity index (χ1n) is 6.16. The van der Waals surface area contributed by atoms with Gasteiger partial charge in [-0.05, 0) is 25.7 Å². The molecule has 4 nitrogen and oxygen atoms in total. The molecule has 0 radical (unpaired) electrons. The van der Waals surface area contributed by atoms with E-state index in [1.165, 1.54) is 0 Å². The predicted molar refractivity (Wildman–Crippen MR) is 73.2 cm³/mol. The smallest absolute Gasteiger partial charge is 0.239 e. The molecule has 5 heteroatoms. The third kappa shape index (κ3) is 7.58. The average molecular weight is 267 g/mol. The molecule has 0 saturated carbocycles. The lowest BCUT2D eigenvalue weighted by Gasteiger charge is -2.24. The molecule has 2 atom stereocenters. The van der Waals surface area contributed by atoms with Crippen LogP contribution in [0.2, 0.25) is 0 Å². The fraction of sp³-hybridized carbons (Fsp3) is 0.917. The van der Waals surface area contributed by atoms with Gasteiger partial charge in [0.25, 0.3) is 0 Å². The summed E-state index contributed by atoms with van der Waals surface area (Å²) in [6.07, 6.45) is 3.27. The molecule has 0 spiro atoms. The lowest BCUT2D eigenvalue weighted by Crippen LogP contribution is -2.52. The third-order valence-electron chi connectivity index (χ3n) is 2.95. The van der Waals surface area contributed by atoms with Crippen molar-refractivity contribution in [1.82, 2.24) is 5.32 Å². The van der Waals surface area contributed by atoms with Gasteiger partial charge >= 0.3 is 0 Å².